The highest BCUT2D eigenvalue weighted by molar-refractivity contribution is 7.91. The third-order valence-electron chi connectivity index (χ3n) is 4.68. The van der Waals surface area contributed by atoms with E-state index in [0.29, 0.717) is 0 Å². The topological polar surface area (TPSA) is 104 Å². The number of hydrogen-bond donors (Lipinski definition) is 0. The van der Waals surface area contributed by atoms with E-state index in [1.54, 1.807) is 18.2 Å². The van der Waals surface area contributed by atoms with E-state index >= 15 is 0 Å². The zero-order valence-corrected chi connectivity index (χ0v) is 16.8. The number of sulfone groups is 1. The van der Waals surface area contributed by atoms with Gasteiger partial charge in [-0.3, -0.25) is 10.1 Å². The van der Waals surface area contributed by atoms with Crippen molar-refractivity contribution in [1.29, 1.82) is 0 Å². The van der Waals surface area contributed by atoms with E-state index in [4.69, 9.17) is 4.74 Å². The van der Waals surface area contributed by atoms with Gasteiger partial charge in [0, 0.05) is 6.07 Å². The first kappa shape index (κ1) is 20.2. The van der Waals surface area contributed by atoms with Crippen molar-refractivity contribution in [1.82, 2.24) is 0 Å². The van der Waals surface area contributed by atoms with E-state index in [1.807, 2.05) is 24.3 Å². The molecule has 8 heteroatoms. The van der Waals surface area contributed by atoms with Crippen LogP contribution in [0.5, 0.6) is 5.75 Å². The van der Waals surface area contributed by atoms with Crippen LogP contribution in [0.3, 0.4) is 0 Å². The molecule has 4 aromatic rings. The molecule has 0 aliphatic rings. The van der Waals surface area contributed by atoms with E-state index < -0.39 is 31.3 Å². The van der Waals surface area contributed by atoms with Crippen LogP contribution < -0.4 is 4.74 Å². The van der Waals surface area contributed by atoms with Crippen LogP contribution in [0, 0.1) is 10.1 Å². The first-order valence-corrected chi connectivity index (χ1v) is 10.6. The minimum Gasteiger partial charge on any atom is -0.423 e. The maximum absolute atomic E-state index is 13.2. The lowest BCUT2D eigenvalue weighted by molar-refractivity contribution is -0.387. The zero-order chi connectivity index (χ0) is 22.0. The quantitative estimate of drug-likeness (QED) is 0.194. The molecule has 7 nitrogen and oxygen atoms in total. The molecule has 0 radical (unpaired) electrons. The molecule has 4 aromatic carbocycles. The van der Waals surface area contributed by atoms with Gasteiger partial charge >= 0.3 is 5.97 Å². The number of benzene rings is 4. The number of para-hydroxylation sites is 1. The van der Waals surface area contributed by atoms with Crippen molar-refractivity contribution in [3.8, 4) is 5.75 Å². The summed E-state index contributed by atoms with van der Waals surface area (Å²) in [5, 5.41) is 13.1. The molecule has 0 unspecified atom stereocenters. The normalized spacial score (nSPS) is 11.2. The molecule has 0 N–H and O–H groups in total. The van der Waals surface area contributed by atoms with Gasteiger partial charge in [0.05, 0.1) is 15.4 Å². The van der Waals surface area contributed by atoms with Crippen molar-refractivity contribution in [2.24, 2.45) is 0 Å². The lowest BCUT2D eigenvalue weighted by Gasteiger charge is -2.11. The average molecular weight is 433 g/mol. The average Bonchev–Trinajstić information content (AvgIpc) is 2.79. The third-order valence-corrected chi connectivity index (χ3v) is 6.54. The molecule has 31 heavy (non-hydrogen) atoms. The smallest absolute Gasteiger partial charge is 0.344 e. The number of nitro benzene ring substituents is 1. The Bertz CT molecular complexity index is 1430. The second-order valence-corrected chi connectivity index (χ2v) is 8.51. The summed E-state index contributed by atoms with van der Waals surface area (Å²) >= 11 is 0. The molecule has 0 saturated carbocycles. The van der Waals surface area contributed by atoms with Gasteiger partial charge in [-0.25, -0.2) is 13.2 Å². The standard InChI is InChI=1S/C23H15NO6S/c25-23(30-18-14-13-16-7-1-2-8-17(16)15-18)19-9-3-5-11-21(19)31(28,29)22-12-6-4-10-20(22)24(26)27/h1-15H. The molecule has 0 aliphatic heterocycles. The van der Waals surface area contributed by atoms with Crippen LogP contribution in [-0.2, 0) is 9.84 Å². The van der Waals surface area contributed by atoms with Crippen molar-refractivity contribution >= 4 is 32.3 Å². The van der Waals surface area contributed by atoms with E-state index in [-0.39, 0.29) is 16.2 Å². The van der Waals surface area contributed by atoms with Crippen LogP contribution in [0.2, 0.25) is 0 Å². The molecule has 0 aliphatic carbocycles. The predicted octanol–water partition coefficient (Wildman–Crippen LogP) is 4.80. The third kappa shape index (κ3) is 3.88. The van der Waals surface area contributed by atoms with E-state index in [9.17, 15) is 23.3 Å². The Kier molecular flexibility index (Phi) is 5.22. The van der Waals surface area contributed by atoms with Crippen molar-refractivity contribution in [2.45, 2.75) is 9.79 Å². The Balaban J connectivity index is 1.74. The molecular weight excluding hydrogens is 418 g/mol. The Hall–Kier alpha value is -4.04. The van der Waals surface area contributed by atoms with Gasteiger partial charge in [0.25, 0.3) is 5.69 Å². The lowest BCUT2D eigenvalue weighted by atomic mass is 10.1. The summed E-state index contributed by atoms with van der Waals surface area (Å²) in [6.45, 7) is 0. The van der Waals surface area contributed by atoms with Gasteiger partial charge < -0.3 is 4.74 Å². The van der Waals surface area contributed by atoms with E-state index in [0.717, 1.165) is 22.9 Å². The van der Waals surface area contributed by atoms with Crippen molar-refractivity contribution < 1.29 is 22.9 Å². The summed E-state index contributed by atoms with van der Waals surface area (Å²) in [5.41, 5.74) is -0.783. The highest BCUT2D eigenvalue weighted by Crippen LogP contribution is 2.31. The number of nitro groups is 1. The summed E-state index contributed by atoms with van der Waals surface area (Å²) in [7, 11) is -4.36. The molecule has 0 saturated heterocycles. The molecule has 154 valence electrons. The Morgan fingerprint density at radius 2 is 1.39 bits per heavy atom. The number of carbonyl (C=O) groups is 1. The zero-order valence-electron chi connectivity index (χ0n) is 16.0. The summed E-state index contributed by atoms with van der Waals surface area (Å²) in [6.07, 6.45) is 0. The Morgan fingerprint density at radius 1 is 0.774 bits per heavy atom. The maximum Gasteiger partial charge on any atom is 0.344 e. The summed E-state index contributed by atoms with van der Waals surface area (Å²) in [5.74, 6) is -0.630. The number of ether oxygens (including phenoxy) is 1. The van der Waals surface area contributed by atoms with Crippen LogP contribution in [0.1, 0.15) is 10.4 Å². The molecule has 0 bridgehead atoms. The SMILES string of the molecule is O=C(Oc1ccc2ccccc2c1)c1ccccc1S(=O)(=O)c1ccccc1[N+](=O)[O-]. The van der Waals surface area contributed by atoms with Crippen LogP contribution >= 0.6 is 0 Å². The number of fused-ring (bicyclic) bond motifs is 1. The van der Waals surface area contributed by atoms with Crippen LogP contribution in [0.4, 0.5) is 5.69 Å². The number of nitrogens with zero attached hydrogens (tertiary/aromatic N) is 1. The maximum atomic E-state index is 13.2. The lowest BCUT2D eigenvalue weighted by Crippen LogP contribution is -2.15. The Morgan fingerprint density at radius 3 is 2.13 bits per heavy atom. The van der Waals surface area contributed by atoms with Gasteiger partial charge in [-0.2, -0.15) is 0 Å². The van der Waals surface area contributed by atoms with E-state index in [2.05, 4.69) is 0 Å². The van der Waals surface area contributed by atoms with Crippen LogP contribution in [-0.4, -0.2) is 19.3 Å². The fourth-order valence-electron chi connectivity index (χ4n) is 3.22. The first-order valence-electron chi connectivity index (χ1n) is 9.16. The monoisotopic (exact) mass is 433 g/mol. The fraction of sp³-hybridized carbons (Fsp3) is 0. The molecule has 0 fully saturated rings. The van der Waals surface area contributed by atoms with Gasteiger partial charge in [-0.15, -0.1) is 0 Å². The van der Waals surface area contributed by atoms with E-state index in [1.165, 1.54) is 36.4 Å². The summed E-state index contributed by atoms with van der Waals surface area (Å²) < 4.78 is 31.8. The van der Waals surface area contributed by atoms with Crippen molar-refractivity contribution in [2.75, 3.05) is 0 Å². The predicted molar refractivity (Wildman–Crippen MR) is 114 cm³/mol. The molecule has 0 amide bonds. The first-order chi connectivity index (χ1) is 14.9. The number of rotatable bonds is 5. The van der Waals surface area contributed by atoms with Crippen molar-refractivity contribution in [3.05, 3.63) is 107 Å². The molecular formula is C23H15NO6S. The summed E-state index contributed by atoms with van der Waals surface area (Å²) in [6, 6.07) is 23.0. The molecule has 0 aromatic heterocycles. The largest absolute Gasteiger partial charge is 0.423 e. The minimum absolute atomic E-state index is 0.214. The van der Waals surface area contributed by atoms with Gasteiger partial charge in [-0.05, 0) is 41.1 Å². The molecule has 4 rings (SSSR count). The second-order valence-electron chi connectivity index (χ2n) is 6.62. The summed E-state index contributed by atoms with van der Waals surface area (Å²) in [4.78, 5) is 22.5. The number of hydrogen-bond acceptors (Lipinski definition) is 6. The second kappa shape index (κ2) is 8.00. The Labute approximate surface area is 177 Å². The molecule has 0 spiro atoms. The van der Waals surface area contributed by atoms with Crippen LogP contribution in [0.15, 0.2) is 101 Å². The molecule has 0 heterocycles. The van der Waals surface area contributed by atoms with Gasteiger partial charge in [0.2, 0.25) is 9.84 Å². The highest BCUT2D eigenvalue weighted by atomic mass is 32.2. The van der Waals surface area contributed by atoms with Crippen LogP contribution in [0.25, 0.3) is 10.8 Å². The number of carbonyl (C=O) groups excluding carboxylic acids is 1. The van der Waals surface area contributed by atoms with Gasteiger partial charge in [0.1, 0.15) is 10.6 Å². The van der Waals surface area contributed by atoms with Crippen molar-refractivity contribution in [3.63, 3.8) is 0 Å². The molecule has 0 atom stereocenters. The minimum atomic E-state index is -4.36. The van der Waals surface area contributed by atoms with Gasteiger partial charge in [-0.1, -0.05) is 54.6 Å². The van der Waals surface area contributed by atoms with Gasteiger partial charge in [0.15, 0.2) is 0 Å². The highest BCUT2D eigenvalue weighted by Gasteiger charge is 2.31. The fourth-order valence-corrected chi connectivity index (χ4v) is 4.83. The number of esters is 1.